The minimum atomic E-state index is -4.67. The number of hydrogen-bond acceptors (Lipinski definition) is 4. The first-order valence-electron chi connectivity index (χ1n) is 7.98. The molecule has 0 saturated carbocycles. The van der Waals surface area contributed by atoms with Crippen LogP contribution < -0.4 is 10.6 Å². The highest BCUT2D eigenvalue weighted by molar-refractivity contribution is 6.04. The molecule has 0 atom stereocenters. The van der Waals surface area contributed by atoms with Crippen molar-refractivity contribution in [2.45, 2.75) is 32.5 Å². The second kappa shape index (κ2) is 7.83. The van der Waals surface area contributed by atoms with Gasteiger partial charge in [0.1, 0.15) is 11.4 Å². The second-order valence-electron chi connectivity index (χ2n) is 6.74. The summed E-state index contributed by atoms with van der Waals surface area (Å²) >= 11 is 0. The number of nitrogens with one attached hydrogen (secondary N) is 2. The lowest BCUT2D eigenvalue weighted by molar-refractivity contribution is -0.137. The summed E-state index contributed by atoms with van der Waals surface area (Å²) in [6.07, 6.45) is -3.97. The SMILES string of the molecule is CC(C)(C)OC(=O)Nc1ccc(F)c(NC(=O)c2cncc(C(F)(F)F)c2)c1. The first-order valence-corrected chi connectivity index (χ1v) is 7.98. The monoisotopic (exact) mass is 399 g/mol. The molecule has 0 fully saturated rings. The lowest BCUT2D eigenvalue weighted by atomic mass is 10.2. The zero-order valence-corrected chi connectivity index (χ0v) is 15.1. The predicted octanol–water partition coefficient (Wildman–Crippen LogP) is 4.84. The predicted molar refractivity (Wildman–Crippen MR) is 93.4 cm³/mol. The third kappa shape index (κ3) is 5.93. The second-order valence-corrected chi connectivity index (χ2v) is 6.74. The van der Waals surface area contributed by atoms with Crippen LogP contribution in [-0.4, -0.2) is 22.6 Å². The third-order valence-electron chi connectivity index (χ3n) is 3.19. The van der Waals surface area contributed by atoms with Crippen LogP contribution in [0.1, 0.15) is 36.7 Å². The van der Waals surface area contributed by atoms with Gasteiger partial charge >= 0.3 is 12.3 Å². The van der Waals surface area contributed by atoms with Gasteiger partial charge in [-0.15, -0.1) is 0 Å². The van der Waals surface area contributed by atoms with Crippen molar-refractivity contribution in [2.24, 2.45) is 0 Å². The fourth-order valence-electron chi connectivity index (χ4n) is 2.03. The maximum atomic E-state index is 14.0. The lowest BCUT2D eigenvalue weighted by Crippen LogP contribution is -2.27. The Labute approximate surface area is 157 Å². The number of amides is 2. The topological polar surface area (TPSA) is 80.3 Å². The Morgan fingerprint density at radius 1 is 1.04 bits per heavy atom. The number of benzene rings is 1. The van der Waals surface area contributed by atoms with Gasteiger partial charge in [-0.05, 0) is 45.0 Å². The number of alkyl halides is 3. The van der Waals surface area contributed by atoms with Crippen LogP contribution in [0.4, 0.5) is 33.7 Å². The summed E-state index contributed by atoms with van der Waals surface area (Å²) in [5.41, 5.74) is -2.48. The van der Waals surface area contributed by atoms with Crippen LogP contribution in [-0.2, 0) is 10.9 Å². The molecule has 150 valence electrons. The molecule has 0 unspecified atom stereocenters. The molecule has 2 rings (SSSR count). The molecule has 0 saturated heterocycles. The van der Waals surface area contributed by atoms with Crippen molar-refractivity contribution in [3.05, 3.63) is 53.6 Å². The summed E-state index contributed by atoms with van der Waals surface area (Å²) < 4.78 is 57.2. The highest BCUT2D eigenvalue weighted by atomic mass is 19.4. The van der Waals surface area contributed by atoms with Crippen LogP contribution in [0, 0.1) is 5.82 Å². The van der Waals surface area contributed by atoms with E-state index in [1.807, 2.05) is 0 Å². The number of carbonyl (C=O) groups excluding carboxylic acids is 2. The van der Waals surface area contributed by atoms with E-state index in [-0.39, 0.29) is 11.4 Å². The molecule has 2 aromatic rings. The molecule has 0 aliphatic carbocycles. The molecule has 0 bridgehead atoms. The van der Waals surface area contributed by atoms with Crippen molar-refractivity contribution in [1.82, 2.24) is 4.98 Å². The van der Waals surface area contributed by atoms with E-state index in [1.165, 1.54) is 6.07 Å². The van der Waals surface area contributed by atoms with E-state index < -0.39 is 40.7 Å². The molecule has 6 nitrogen and oxygen atoms in total. The summed E-state index contributed by atoms with van der Waals surface area (Å²) in [7, 11) is 0. The quantitative estimate of drug-likeness (QED) is 0.724. The smallest absolute Gasteiger partial charge is 0.417 e. The number of halogens is 4. The molecule has 2 amide bonds. The molecule has 0 radical (unpaired) electrons. The average molecular weight is 399 g/mol. The van der Waals surface area contributed by atoms with Crippen LogP contribution in [0.5, 0.6) is 0 Å². The minimum Gasteiger partial charge on any atom is -0.444 e. The van der Waals surface area contributed by atoms with Crippen molar-refractivity contribution >= 4 is 23.4 Å². The minimum absolute atomic E-state index is 0.119. The van der Waals surface area contributed by atoms with Gasteiger partial charge in [0, 0.05) is 18.1 Å². The van der Waals surface area contributed by atoms with Crippen molar-refractivity contribution in [3.63, 3.8) is 0 Å². The van der Waals surface area contributed by atoms with Crippen molar-refractivity contribution in [3.8, 4) is 0 Å². The molecule has 1 aromatic carbocycles. The van der Waals surface area contributed by atoms with Crippen molar-refractivity contribution in [1.29, 1.82) is 0 Å². The van der Waals surface area contributed by atoms with E-state index in [0.29, 0.717) is 12.3 Å². The summed E-state index contributed by atoms with van der Waals surface area (Å²) in [6, 6.07) is 3.93. The van der Waals surface area contributed by atoms with Crippen molar-refractivity contribution < 1.29 is 31.9 Å². The van der Waals surface area contributed by atoms with Crippen LogP contribution in [0.15, 0.2) is 36.7 Å². The molecule has 1 heterocycles. The highest BCUT2D eigenvalue weighted by Crippen LogP contribution is 2.29. The van der Waals surface area contributed by atoms with Gasteiger partial charge in [-0.25, -0.2) is 9.18 Å². The Morgan fingerprint density at radius 3 is 2.32 bits per heavy atom. The average Bonchev–Trinajstić information content (AvgIpc) is 2.55. The summed E-state index contributed by atoms with van der Waals surface area (Å²) in [5.74, 6) is -1.84. The normalized spacial score (nSPS) is 11.7. The maximum absolute atomic E-state index is 14.0. The zero-order valence-electron chi connectivity index (χ0n) is 15.1. The van der Waals surface area contributed by atoms with Crippen LogP contribution in [0.2, 0.25) is 0 Å². The fraction of sp³-hybridized carbons (Fsp3) is 0.278. The fourth-order valence-corrected chi connectivity index (χ4v) is 2.03. The Hall–Kier alpha value is -3.17. The molecule has 28 heavy (non-hydrogen) atoms. The van der Waals surface area contributed by atoms with Crippen molar-refractivity contribution in [2.75, 3.05) is 10.6 Å². The van der Waals surface area contributed by atoms with Gasteiger partial charge < -0.3 is 10.1 Å². The van der Waals surface area contributed by atoms with Gasteiger partial charge in [-0.2, -0.15) is 13.2 Å². The van der Waals surface area contributed by atoms with E-state index in [2.05, 4.69) is 15.6 Å². The van der Waals surface area contributed by atoms with Crippen LogP contribution in [0.25, 0.3) is 0 Å². The Balaban J connectivity index is 2.18. The van der Waals surface area contributed by atoms with Crippen LogP contribution >= 0.6 is 0 Å². The Kier molecular flexibility index (Phi) is 5.91. The number of rotatable bonds is 3. The first kappa shape index (κ1) is 21.1. The first-order chi connectivity index (χ1) is 12.8. The molecule has 10 heteroatoms. The van der Waals surface area contributed by atoms with Gasteiger partial charge in [-0.1, -0.05) is 0 Å². The van der Waals surface area contributed by atoms with Crippen LogP contribution in [0.3, 0.4) is 0 Å². The van der Waals surface area contributed by atoms with E-state index in [0.717, 1.165) is 18.3 Å². The Morgan fingerprint density at radius 2 is 1.71 bits per heavy atom. The Bertz CT molecular complexity index is 892. The third-order valence-corrected chi connectivity index (χ3v) is 3.19. The number of ether oxygens (including phenoxy) is 1. The summed E-state index contributed by atoms with van der Waals surface area (Å²) in [4.78, 5) is 27.3. The summed E-state index contributed by atoms with van der Waals surface area (Å²) in [5, 5.41) is 4.52. The van der Waals surface area contributed by atoms with E-state index in [4.69, 9.17) is 4.74 Å². The molecule has 0 aliphatic rings. The van der Waals surface area contributed by atoms with E-state index >= 15 is 0 Å². The zero-order chi connectivity index (χ0) is 21.1. The molecular formula is C18H17F4N3O3. The maximum Gasteiger partial charge on any atom is 0.417 e. The number of hydrogen-bond donors (Lipinski definition) is 2. The number of anilines is 2. The number of aromatic nitrogens is 1. The van der Waals surface area contributed by atoms with Gasteiger partial charge in [0.2, 0.25) is 0 Å². The standard InChI is InChI=1S/C18H17F4N3O3/c1-17(2,3)28-16(27)24-12-4-5-13(19)14(7-12)25-15(26)10-6-11(9-23-8-10)18(20,21)22/h4-9H,1-3H3,(H,24,27)(H,25,26). The van der Waals surface area contributed by atoms with Gasteiger partial charge in [0.15, 0.2) is 0 Å². The molecule has 0 spiro atoms. The summed E-state index contributed by atoms with van der Waals surface area (Å²) in [6.45, 7) is 4.98. The largest absolute Gasteiger partial charge is 0.444 e. The number of pyridine rings is 1. The number of nitrogens with zero attached hydrogens (tertiary/aromatic N) is 1. The number of carbonyl (C=O) groups is 2. The molecule has 1 aromatic heterocycles. The highest BCUT2D eigenvalue weighted by Gasteiger charge is 2.31. The van der Waals surface area contributed by atoms with Gasteiger partial charge in [0.05, 0.1) is 16.8 Å². The van der Waals surface area contributed by atoms with Gasteiger partial charge in [0.25, 0.3) is 5.91 Å². The van der Waals surface area contributed by atoms with E-state index in [1.54, 1.807) is 20.8 Å². The molecule has 0 aliphatic heterocycles. The molecule has 2 N–H and O–H groups in total. The molecular weight excluding hydrogens is 382 g/mol. The van der Waals surface area contributed by atoms with Gasteiger partial charge in [-0.3, -0.25) is 15.1 Å². The lowest BCUT2D eigenvalue weighted by Gasteiger charge is -2.19. The van der Waals surface area contributed by atoms with E-state index in [9.17, 15) is 27.2 Å².